The zero-order valence-corrected chi connectivity index (χ0v) is 25.1. The SMILES string of the molecule is O=C(O)[C@](F)(OC(F)(F)[C@@](F)(OC(F)(F)[C@@](F)(OC(F)(F)[C@@](F)(OC(F)(F)[C@@](F)(OC(F)(F)C(F)(F)C(F)(F)F)C(F)(F)F)C(F)(F)F)C(F)(F)F)C(F)(F)F)C(F)(F)F. The molecule has 360 valence electrons. The van der Waals surface area contributed by atoms with Crippen LogP contribution in [0.4, 0.5) is 154 Å². The molecule has 0 aliphatic rings. The van der Waals surface area contributed by atoms with E-state index < -0.39 is 109 Å². The van der Waals surface area contributed by atoms with Crippen LogP contribution in [0.3, 0.4) is 0 Å². The fourth-order valence-electron chi connectivity index (χ4n) is 2.73. The highest BCUT2D eigenvalue weighted by atomic mass is 19.5. The standard InChI is InChI=1S/C18HF35O7/c19-2(1(54)55,8(26,27)28)56-15(46,47)4(22,10(32,33)34)58-17(50,51)6(24,12(38,39)40)60-18(52,53)7(25,13(41,42)43)59-16(48,49)5(23,11(35,36)37)57-14(44,45)3(20,21)9(29,30)31/h(H,54,55)/t2-,4-,5-,6-,7-/m0/s1. The number of hydrogen-bond acceptors (Lipinski definition) is 6. The quantitative estimate of drug-likeness (QED) is 0.154. The van der Waals surface area contributed by atoms with Crippen molar-refractivity contribution in [3.8, 4) is 0 Å². The monoisotopic (exact) mass is 994 g/mol. The number of carbonyl (C=O) groups is 1. The molecule has 0 saturated carbocycles. The third kappa shape index (κ3) is 9.14. The Balaban J connectivity index is 8.02. The van der Waals surface area contributed by atoms with Gasteiger partial charge in [0.2, 0.25) is 0 Å². The second-order valence-corrected chi connectivity index (χ2v) is 9.94. The van der Waals surface area contributed by atoms with Gasteiger partial charge >= 0.3 is 109 Å². The molecule has 0 aliphatic heterocycles. The average Bonchev–Trinajstić information content (AvgIpc) is 2.91. The predicted octanol–water partition coefficient (Wildman–Crippen LogP) is 10.5. The van der Waals surface area contributed by atoms with Gasteiger partial charge in [-0.05, 0) is 0 Å². The summed E-state index contributed by atoms with van der Waals surface area (Å²) in [4.78, 5) is 10.3. The molecule has 0 spiro atoms. The first kappa shape index (κ1) is 56.8. The zero-order valence-electron chi connectivity index (χ0n) is 25.1. The summed E-state index contributed by atoms with van der Waals surface area (Å²) in [5.74, 6) is -58.6. The van der Waals surface area contributed by atoms with E-state index in [0.29, 0.717) is 9.47 Å². The van der Waals surface area contributed by atoms with Crippen molar-refractivity contribution in [3.63, 3.8) is 0 Å². The Morgan fingerprint density at radius 2 is 0.450 bits per heavy atom. The highest BCUT2D eigenvalue weighted by Gasteiger charge is 2.91. The van der Waals surface area contributed by atoms with Gasteiger partial charge in [-0.2, -0.15) is 154 Å². The Bertz CT molecular complexity index is 1540. The van der Waals surface area contributed by atoms with Crippen LogP contribution in [-0.2, 0) is 28.5 Å². The normalized spacial score (nSPS) is 20.7. The Labute approximate surface area is 297 Å². The lowest BCUT2D eigenvalue weighted by molar-refractivity contribution is -0.600. The van der Waals surface area contributed by atoms with Crippen molar-refractivity contribution < 1.29 is 187 Å². The van der Waals surface area contributed by atoms with Crippen LogP contribution in [0.5, 0.6) is 0 Å². The highest BCUT2D eigenvalue weighted by Crippen LogP contribution is 2.62. The maximum absolute atomic E-state index is 14.6. The van der Waals surface area contributed by atoms with E-state index in [1.54, 1.807) is 0 Å². The van der Waals surface area contributed by atoms with Gasteiger partial charge in [0.25, 0.3) is 0 Å². The van der Waals surface area contributed by atoms with Gasteiger partial charge in [0.1, 0.15) is 0 Å². The van der Waals surface area contributed by atoms with Crippen molar-refractivity contribution >= 4 is 5.97 Å². The molecular formula is C18HF35O7. The largest absolute Gasteiger partial charge is 0.477 e. The Morgan fingerprint density at radius 3 is 0.600 bits per heavy atom. The van der Waals surface area contributed by atoms with Crippen LogP contribution in [0.2, 0.25) is 0 Å². The van der Waals surface area contributed by atoms with Crippen LogP contribution >= 0.6 is 0 Å². The summed E-state index contributed by atoms with van der Waals surface area (Å²) in [5.41, 5.74) is 0. The average molecular weight is 994 g/mol. The van der Waals surface area contributed by atoms with E-state index in [2.05, 4.69) is 0 Å². The zero-order chi connectivity index (χ0) is 49.6. The topological polar surface area (TPSA) is 83.5 Å². The lowest BCUT2D eigenvalue weighted by Gasteiger charge is -2.44. The number of aliphatic carboxylic acids is 1. The summed E-state index contributed by atoms with van der Waals surface area (Å²) in [5, 5.41) is 7.98. The molecule has 0 rings (SSSR count). The summed E-state index contributed by atoms with van der Waals surface area (Å²) in [6, 6.07) is 0. The minimum atomic E-state index is -9.62. The lowest BCUT2D eigenvalue weighted by Crippen LogP contribution is -2.73. The summed E-state index contributed by atoms with van der Waals surface area (Å²) in [6.45, 7) is 0. The van der Waals surface area contributed by atoms with Crippen molar-refractivity contribution in [2.45, 2.75) is 103 Å². The van der Waals surface area contributed by atoms with Crippen LogP contribution in [0.25, 0.3) is 0 Å². The molecule has 0 aliphatic carbocycles. The fraction of sp³-hybridized carbons (Fsp3) is 0.944. The molecule has 0 radical (unpaired) electrons. The molecule has 1 N–H and O–H groups in total. The van der Waals surface area contributed by atoms with Gasteiger partial charge in [-0.25, -0.2) is 4.79 Å². The van der Waals surface area contributed by atoms with Crippen LogP contribution < -0.4 is 0 Å². The third-order valence-corrected chi connectivity index (χ3v) is 5.66. The molecule has 0 aromatic rings. The van der Waals surface area contributed by atoms with E-state index in [1.807, 2.05) is 0 Å². The molecule has 0 amide bonds. The summed E-state index contributed by atoms with van der Waals surface area (Å²) < 4.78 is 472. The number of halogens is 35. The minimum Gasteiger partial charge on any atom is -0.477 e. The lowest BCUT2D eigenvalue weighted by atomic mass is 10.2. The predicted molar refractivity (Wildman–Crippen MR) is 98.3 cm³/mol. The van der Waals surface area contributed by atoms with Gasteiger partial charge in [0, 0.05) is 0 Å². The molecule has 0 saturated heterocycles. The molecule has 0 aromatic heterocycles. The number of alkyl halides is 35. The first-order valence-electron chi connectivity index (χ1n) is 12.1. The molecule has 7 nitrogen and oxygen atoms in total. The maximum Gasteiger partial charge on any atom is 0.462 e. The molecule has 5 atom stereocenters. The van der Waals surface area contributed by atoms with Crippen molar-refractivity contribution in [1.82, 2.24) is 0 Å². The van der Waals surface area contributed by atoms with Crippen LogP contribution in [0.15, 0.2) is 0 Å². The van der Waals surface area contributed by atoms with Gasteiger partial charge in [-0.15, -0.1) is 0 Å². The van der Waals surface area contributed by atoms with Gasteiger partial charge in [-0.3, -0.25) is 23.7 Å². The molecular weight excluding hydrogens is 993 g/mol. The smallest absolute Gasteiger partial charge is 0.462 e. The van der Waals surface area contributed by atoms with Crippen LogP contribution in [-0.4, -0.2) is 114 Å². The molecule has 0 heterocycles. The second-order valence-electron chi connectivity index (χ2n) is 9.94. The molecule has 0 aromatic carbocycles. The van der Waals surface area contributed by atoms with E-state index in [-0.39, 0.29) is 0 Å². The third-order valence-electron chi connectivity index (χ3n) is 5.66. The maximum atomic E-state index is 14.6. The number of hydrogen-bond donors (Lipinski definition) is 1. The Hall–Kier alpha value is -3.18. The van der Waals surface area contributed by atoms with E-state index in [0.717, 1.165) is 9.47 Å². The molecule has 60 heavy (non-hydrogen) atoms. The van der Waals surface area contributed by atoms with E-state index in [4.69, 9.17) is 5.11 Å². The molecule has 42 heteroatoms. The van der Waals surface area contributed by atoms with Crippen molar-refractivity contribution in [3.05, 3.63) is 0 Å². The molecule has 0 fully saturated rings. The molecule has 0 bridgehead atoms. The van der Waals surface area contributed by atoms with Gasteiger partial charge in [-0.1, -0.05) is 0 Å². The first-order chi connectivity index (χ1) is 25.2. The minimum absolute atomic E-state index is 0.672. The second kappa shape index (κ2) is 14.7. The number of carboxylic acids is 1. The van der Waals surface area contributed by atoms with Gasteiger partial charge < -0.3 is 5.11 Å². The molecule has 0 unspecified atom stereocenters. The summed E-state index contributed by atoms with van der Waals surface area (Å²) in [6.07, 6.45) is -98.3. The Kier molecular flexibility index (Phi) is 13.9. The van der Waals surface area contributed by atoms with E-state index >= 15 is 0 Å². The van der Waals surface area contributed by atoms with Crippen molar-refractivity contribution in [2.24, 2.45) is 0 Å². The first-order valence-corrected chi connectivity index (χ1v) is 12.1. The summed E-state index contributed by atoms with van der Waals surface area (Å²) >= 11 is 0. The van der Waals surface area contributed by atoms with E-state index in [1.165, 1.54) is 4.74 Å². The van der Waals surface area contributed by atoms with Crippen molar-refractivity contribution in [2.75, 3.05) is 0 Å². The van der Waals surface area contributed by atoms with Gasteiger partial charge in [0.05, 0.1) is 0 Å². The van der Waals surface area contributed by atoms with E-state index in [9.17, 15) is 158 Å². The summed E-state index contributed by atoms with van der Waals surface area (Å²) in [7, 11) is 0. The highest BCUT2D eigenvalue weighted by molar-refractivity contribution is 5.76. The number of carboxylic acid groups (broad SMARTS) is 1. The van der Waals surface area contributed by atoms with Crippen LogP contribution in [0.1, 0.15) is 0 Å². The van der Waals surface area contributed by atoms with Gasteiger partial charge in [0.15, 0.2) is 0 Å². The Morgan fingerprint density at radius 1 is 0.267 bits per heavy atom. The van der Waals surface area contributed by atoms with Crippen molar-refractivity contribution in [1.29, 1.82) is 0 Å². The number of rotatable bonds is 16. The van der Waals surface area contributed by atoms with Crippen LogP contribution in [0, 0.1) is 0 Å². The number of ether oxygens (including phenoxy) is 5. The fourth-order valence-corrected chi connectivity index (χ4v) is 2.73.